The summed E-state index contributed by atoms with van der Waals surface area (Å²) in [5.41, 5.74) is 12.4. The third kappa shape index (κ3) is 7.58. The van der Waals surface area contributed by atoms with E-state index in [4.69, 9.17) is 23.1 Å². The van der Waals surface area contributed by atoms with Crippen LogP contribution >= 0.6 is 11.6 Å². The van der Waals surface area contributed by atoms with E-state index in [1.165, 1.54) is 38.8 Å². The highest BCUT2D eigenvalue weighted by molar-refractivity contribution is 6.29. The Morgan fingerprint density at radius 1 is 0.880 bits per heavy atom. The molecule has 2 aromatic heterocycles. The molecule has 5 N–H and O–H groups in total. The molecule has 2 aliphatic heterocycles. The van der Waals surface area contributed by atoms with Gasteiger partial charge in [0.25, 0.3) is 0 Å². The third-order valence-electron chi connectivity index (χ3n) is 3.91. The Morgan fingerprint density at radius 3 is 1.92 bits per heavy atom. The largest absolute Gasteiger partial charge is 0.399 e. The molecule has 2 aromatic rings. The molecule has 4 rings (SSSR count). The first-order valence-corrected chi connectivity index (χ1v) is 9.07. The van der Waals surface area contributed by atoms with E-state index in [0.717, 1.165) is 24.6 Å². The number of aromatic nitrogens is 2. The predicted molar refractivity (Wildman–Crippen MR) is 106 cm³/mol. The summed E-state index contributed by atoms with van der Waals surface area (Å²) in [7, 11) is 0. The van der Waals surface area contributed by atoms with Crippen molar-refractivity contribution >= 4 is 28.8 Å². The number of anilines is 3. The van der Waals surface area contributed by atoms with E-state index in [0.29, 0.717) is 10.8 Å². The van der Waals surface area contributed by atoms with Crippen LogP contribution in [0.15, 0.2) is 36.7 Å². The van der Waals surface area contributed by atoms with Crippen molar-refractivity contribution in [1.29, 1.82) is 0 Å². The quantitative estimate of drug-likeness (QED) is 0.675. The third-order valence-corrected chi connectivity index (χ3v) is 4.11. The molecule has 0 atom stereocenters. The van der Waals surface area contributed by atoms with E-state index < -0.39 is 0 Å². The van der Waals surface area contributed by atoms with E-state index in [9.17, 15) is 0 Å². The molecule has 6 nitrogen and oxygen atoms in total. The predicted octanol–water partition coefficient (Wildman–Crippen LogP) is 2.95. The van der Waals surface area contributed by atoms with Gasteiger partial charge in [-0.05, 0) is 57.0 Å². The van der Waals surface area contributed by atoms with E-state index in [2.05, 4.69) is 20.2 Å². The van der Waals surface area contributed by atoms with Gasteiger partial charge in [0.15, 0.2) is 0 Å². The zero-order chi connectivity index (χ0) is 17.9. The van der Waals surface area contributed by atoms with Gasteiger partial charge in [-0.15, -0.1) is 0 Å². The maximum absolute atomic E-state index is 5.66. The molecule has 0 radical (unpaired) electrons. The highest BCUT2D eigenvalue weighted by atomic mass is 35.5. The lowest BCUT2D eigenvalue weighted by Gasteiger charge is -2.15. The van der Waals surface area contributed by atoms with Crippen molar-refractivity contribution in [2.24, 2.45) is 0 Å². The standard InChI is InChI=1S/C9H13N3.C5H5ClN2.C4H9N/c10-8-3-4-11-9(7-8)12-5-1-2-6-12;6-5-3-4(7)1-2-8-5;1-2-4-5-3-1/h3-4,7H,1-2,5-6H2,(H2,10,11);1-3H,(H2,7,8);5H,1-4H2. The minimum atomic E-state index is 0.435. The number of nitrogens with zero attached hydrogens (tertiary/aromatic N) is 3. The number of halogens is 1. The first-order chi connectivity index (χ1) is 12.1. The number of nitrogen functional groups attached to an aromatic ring is 2. The Kier molecular flexibility index (Phi) is 8.28. The number of nitrogens with one attached hydrogen (secondary N) is 1. The van der Waals surface area contributed by atoms with Crippen LogP contribution in [0.2, 0.25) is 5.15 Å². The van der Waals surface area contributed by atoms with Gasteiger partial charge in [0.2, 0.25) is 0 Å². The van der Waals surface area contributed by atoms with Gasteiger partial charge in [0.05, 0.1) is 0 Å². The fourth-order valence-corrected chi connectivity index (χ4v) is 2.78. The second kappa shape index (κ2) is 10.7. The van der Waals surface area contributed by atoms with E-state index in [-0.39, 0.29) is 0 Å². The molecule has 0 bridgehead atoms. The molecular weight excluding hydrogens is 336 g/mol. The molecule has 0 aliphatic carbocycles. The zero-order valence-corrected chi connectivity index (χ0v) is 15.3. The average Bonchev–Trinajstić information content (AvgIpc) is 3.32. The summed E-state index contributed by atoms with van der Waals surface area (Å²) in [6, 6.07) is 7.04. The smallest absolute Gasteiger partial charge is 0.131 e. The number of hydrogen-bond donors (Lipinski definition) is 3. The maximum atomic E-state index is 5.66. The highest BCUT2D eigenvalue weighted by Gasteiger charge is 2.12. The van der Waals surface area contributed by atoms with Crippen molar-refractivity contribution in [3.63, 3.8) is 0 Å². The lowest BCUT2D eigenvalue weighted by molar-refractivity contribution is 0.857. The molecule has 136 valence electrons. The van der Waals surface area contributed by atoms with Crippen molar-refractivity contribution in [3.8, 4) is 0 Å². The Labute approximate surface area is 154 Å². The van der Waals surface area contributed by atoms with Crippen LogP contribution in [0.25, 0.3) is 0 Å². The molecular formula is C18H27ClN6. The fourth-order valence-electron chi connectivity index (χ4n) is 2.60. The first kappa shape index (κ1) is 19.3. The van der Waals surface area contributed by atoms with E-state index >= 15 is 0 Å². The molecule has 25 heavy (non-hydrogen) atoms. The fraction of sp³-hybridized carbons (Fsp3) is 0.444. The monoisotopic (exact) mass is 362 g/mol. The Balaban J connectivity index is 0.000000149. The van der Waals surface area contributed by atoms with Crippen molar-refractivity contribution in [2.45, 2.75) is 25.7 Å². The Hall–Kier alpha value is -2.05. The summed E-state index contributed by atoms with van der Waals surface area (Å²) in [4.78, 5) is 10.3. The molecule has 0 saturated carbocycles. The van der Waals surface area contributed by atoms with Crippen molar-refractivity contribution in [2.75, 3.05) is 42.5 Å². The van der Waals surface area contributed by atoms with Crippen LogP contribution in [0, 0.1) is 0 Å². The number of pyridine rings is 2. The summed E-state index contributed by atoms with van der Waals surface area (Å²) in [5.74, 6) is 1.02. The molecule has 0 spiro atoms. The van der Waals surface area contributed by atoms with Gasteiger partial charge in [-0.25, -0.2) is 9.97 Å². The van der Waals surface area contributed by atoms with Gasteiger partial charge in [0.1, 0.15) is 11.0 Å². The number of hydrogen-bond acceptors (Lipinski definition) is 6. The summed E-state index contributed by atoms with van der Waals surface area (Å²) in [6.45, 7) is 4.74. The summed E-state index contributed by atoms with van der Waals surface area (Å²) in [6.07, 6.45) is 8.66. The summed E-state index contributed by atoms with van der Waals surface area (Å²) in [5, 5.41) is 3.66. The normalized spacial score (nSPS) is 15.8. The molecule has 2 saturated heterocycles. The summed E-state index contributed by atoms with van der Waals surface area (Å²) >= 11 is 5.45. The topological polar surface area (TPSA) is 93.1 Å². The SMILES string of the molecule is C1CCNC1.Nc1ccnc(Cl)c1.Nc1ccnc(N2CCCC2)c1. The minimum absolute atomic E-state index is 0.435. The van der Waals surface area contributed by atoms with Crippen molar-refractivity contribution < 1.29 is 0 Å². The van der Waals surface area contributed by atoms with Crippen LogP contribution in [-0.2, 0) is 0 Å². The van der Waals surface area contributed by atoms with Gasteiger partial charge in [-0.2, -0.15) is 0 Å². The van der Waals surface area contributed by atoms with Gasteiger partial charge < -0.3 is 21.7 Å². The highest BCUT2D eigenvalue weighted by Crippen LogP contribution is 2.18. The minimum Gasteiger partial charge on any atom is -0.399 e. The van der Waals surface area contributed by atoms with Gasteiger partial charge in [0, 0.05) is 42.9 Å². The lowest BCUT2D eigenvalue weighted by Crippen LogP contribution is -2.18. The molecule has 0 aromatic carbocycles. The maximum Gasteiger partial charge on any atom is 0.131 e. The Morgan fingerprint density at radius 2 is 1.48 bits per heavy atom. The van der Waals surface area contributed by atoms with E-state index in [1.54, 1.807) is 24.5 Å². The van der Waals surface area contributed by atoms with Crippen LogP contribution in [0.4, 0.5) is 17.2 Å². The van der Waals surface area contributed by atoms with Crippen LogP contribution < -0.4 is 21.7 Å². The Bertz CT molecular complexity index is 602. The summed E-state index contributed by atoms with van der Waals surface area (Å²) < 4.78 is 0. The molecule has 2 aliphatic rings. The van der Waals surface area contributed by atoms with Crippen molar-refractivity contribution in [1.82, 2.24) is 15.3 Å². The van der Waals surface area contributed by atoms with Gasteiger partial charge >= 0.3 is 0 Å². The van der Waals surface area contributed by atoms with Crippen LogP contribution in [0.3, 0.4) is 0 Å². The number of rotatable bonds is 1. The molecule has 0 unspecified atom stereocenters. The second-order valence-electron chi connectivity index (χ2n) is 6.01. The molecule has 4 heterocycles. The lowest BCUT2D eigenvalue weighted by atomic mass is 10.4. The van der Waals surface area contributed by atoms with Crippen molar-refractivity contribution in [3.05, 3.63) is 41.8 Å². The van der Waals surface area contributed by atoms with Crippen LogP contribution in [0.5, 0.6) is 0 Å². The molecule has 0 amide bonds. The second-order valence-corrected chi connectivity index (χ2v) is 6.40. The molecule has 7 heteroatoms. The zero-order valence-electron chi connectivity index (χ0n) is 14.5. The average molecular weight is 363 g/mol. The number of nitrogens with two attached hydrogens (primary N) is 2. The molecule has 2 fully saturated rings. The van der Waals surface area contributed by atoms with Crippen LogP contribution in [-0.4, -0.2) is 36.1 Å². The van der Waals surface area contributed by atoms with Crippen LogP contribution in [0.1, 0.15) is 25.7 Å². The van der Waals surface area contributed by atoms with Gasteiger partial charge in [-0.1, -0.05) is 11.6 Å². The van der Waals surface area contributed by atoms with E-state index in [1.807, 2.05) is 12.1 Å². The first-order valence-electron chi connectivity index (χ1n) is 8.69. The van der Waals surface area contributed by atoms with Gasteiger partial charge in [-0.3, -0.25) is 0 Å².